The molecule has 1 aromatic heterocycles. The molecule has 0 amide bonds. The highest BCUT2D eigenvalue weighted by atomic mass is 35.5. The summed E-state index contributed by atoms with van der Waals surface area (Å²) in [5.41, 5.74) is 1.96. The van der Waals surface area contributed by atoms with Gasteiger partial charge in [-0.3, -0.25) is 0 Å². The van der Waals surface area contributed by atoms with Gasteiger partial charge in [-0.2, -0.15) is 0 Å². The molecule has 1 saturated heterocycles. The number of hydrogen-bond acceptors (Lipinski definition) is 7. The van der Waals surface area contributed by atoms with Gasteiger partial charge < -0.3 is 14.4 Å². The van der Waals surface area contributed by atoms with Crippen molar-refractivity contribution < 1.29 is 17.9 Å². The predicted octanol–water partition coefficient (Wildman–Crippen LogP) is 4.63. The number of hydrogen-bond donors (Lipinski definition) is 0. The van der Waals surface area contributed by atoms with Crippen LogP contribution >= 0.6 is 22.9 Å². The van der Waals surface area contributed by atoms with Crippen molar-refractivity contribution in [2.24, 2.45) is 0 Å². The van der Waals surface area contributed by atoms with Gasteiger partial charge in [-0.25, -0.2) is 13.4 Å². The number of piperidine rings is 1. The minimum atomic E-state index is -3.39. The summed E-state index contributed by atoms with van der Waals surface area (Å²) in [6, 6.07) is 5.74. The number of halogens is 1. The topological polar surface area (TPSA) is 68.7 Å². The molecular formula is C24H29ClN2O4S2. The second-order valence-corrected chi connectivity index (χ2v) is 12.6. The summed E-state index contributed by atoms with van der Waals surface area (Å²) in [6.07, 6.45) is 8.84. The number of ether oxygens (including phenoxy) is 2. The molecule has 1 aliphatic heterocycles. The van der Waals surface area contributed by atoms with Gasteiger partial charge in [0.2, 0.25) is 0 Å². The van der Waals surface area contributed by atoms with Crippen LogP contribution in [0.2, 0.25) is 0 Å². The Labute approximate surface area is 204 Å². The van der Waals surface area contributed by atoms with Crippen molar-refractivity contribution in [2.75, 3.05) is 32.2 Å². The van der Waals surface area contributed by atoms with Crippen molar-refractivity contribution in [3.63, 3.8) is 0 Å². The van der Waals surface area contributed by atoms with Gasteiger partial charge in [-0.05, 0) is 38.0 Å². The Morgan fingerprint density at radius 1 is 1.21 bits per heavy atom. The Bertz CT molecular complexity index is 1150. The Morgan fingerprint density at radius 2 is 1.97 bits per heavy atom. The molecule has 6 nitrogen and oxygen atoms in total. The Kier molecular flexibility index (Phi) is 7.07. The smallest absolute Gasteiger partial charge is 0.185 e. The minimum absolute atomic E-state index is 0.395. The maximum Gasteiger partial charge on any atom is 0.185 e. The van der Waals surface area contributed by atoms with Crippen molar-refractivity contribution in [1.82, 2.24) is 4.98 Å². The quantitative estimate of drug-likeness (QED) is 0.508. The van der Waals surface area contributed by atoms with Crippen LogP contribution in [0.4, 0.5) is 5.13 Å². The van der Waals surface area contributed by atoms with Crippen molar-refractivity contribution in [3.8, 4) is 11.5 Å². The summed E-state index contributed by atoms with van der Waals surface area (Å²) in [5.74, 6) is 1.58. The SMILES string of the molecule is COc1ccc(OC)c(Cc2csc(N3CCC(S(=O)(=O)C4C=CC=CC4(C)Cl)CC3)n2)c1. The third kappa shape index (κ3) is 5.08. The lowest BCUT2D eigenvalue weighted by Gasteiger charge is -2.36. The first kappa shape index (κ1) is 24.1. The number of anilines is 1. The molecule has 0 saturated carbocycles. The Morgan fingerprint density at radius 3 is 2.64 bits per heavy atom. The number of benzene rings is 1. The van der Waals surface area contributed by atoms with Gasteiger partial charge in [0.25, 0.3) is 0 Å². The summed E-state index contributed by atoms with van der Waals surface area (Å²) >= 11 is 8.11. The van der Waals surface area contributed by atoms with Crippen LogP contribution in [0.25, 0.3) is 0 Å². The molecule has 1 aliphatic carbocycles. The molecule has 2 heterocycles. The molecular weight excluding hydrogens is 480 g/mol. The molecule has 9 heteroatoms. The van der Waals surface area contributed by atoms with E-state index in [-0.39, 0.29) is 0 Å². The molecule has 2 aliphatic rings. The van der Waals surface area contributed by atoms with Gasteiger partial charge in [-0.15, -0.1) is 22.9 Å². The first-order valence-corrected chi connectivity index (χ1v) is 13.8. The molecule has 2 unspecified atom stereocenters. The highest BCUT2D eigenvalue weighted by Crippen LogP contribution is 2.36. The van der Waals surface area contributed by atoms with Gasteiger partial charge >= 0.3 is 0 Å². The molecule has 1 fully saturated rings. The van der Waals surface area contributed by atoms with E-state index >= 15 is 0 Å². The van der Waals surface area contributed by atoms with E-state index in [9.17, 15) is 8.42 Å². The fourth-order valence-corrected chi connectivity index (χ4v) is 8.15. The monoisotopic (exact) mass is 508 g/mol. The van der Waals surface area contributed by atoms with E-state index in [0.717, 1.165) is 27.9 Å². The fourth-order valence-electron chi connectivity index (χ4n) is 4.44. The van der Waals surface area contributed by atoms with Crippen LogP contribution in [-0.4, -0.2) is 56.1 Å². The number of nitrogens with zero attached hydrogens (tertiary/aromatic N) is 2. The van der Waals surface area contributed by atoms with Crippen LogP contribution in [0.1, 0.15) is 31.0 Å². The van der Waals surface area contributed by atoms with Gasteiger partial charge in [-0.1, -0.05) is 24.3 Å². The maximum atomic E-state index is 13.3. The minimum Gasteiger partial charge on any atom is -0.497 e. The molecule has 178 valence electrons. The highest BCUT2D eigenvalue weighted by Gasteiger charge is 2.44. The first-order chi connectivity index (χ1) is 15.7. The molecule has 0 N–H and O–H groups in total. The number of rotatable bonds is 7. The number of methoxy groups -OCH3 is 2. The van der Waals surface area contributed by atoms with E-state index in [2.05, 4.69) is 10.3 Å². The first-order valence-electron chi connectivity index (χ1n) is 10.9. The lowest BCUT2D eigenvalue weighted by molar-refractivity contribution is 0.399. The average Bonchev–Trinajstić information content (AvgIpc) is 3.27. The van der Waals surface area contributed by atoms with E-state index in [4.69, 9.17) is 26.1 Å². The summed E-state index contributed by atoms with van der Waals surface area (Å²) in [7, 11) is -0.0886. The summed E-state index contributed by atoms with van der Waals surface area (Å²) in [5, 5.41) is 1.88. The zero-order chi connectivity index (χ0) is 23.6. The van der Waals surface area contributed by atoms with Crippen LogP contribution in [0.3, 0.4) is 0 Å². The predicted molar refractivity (Wildman–Crippen MR) is 135 cm³/mol. The van der Waals surface area contributed by atoms with Crippen LogP contribution < -0.4 is 14.4 Å². The van der Waals surface area contributed by atoms with Crippen molar-refractivity contribution in [3.05, 3.63) is 59.1 Å². The van der Waals surface area contributed by atoms with Crippen molar-refractivity contribution in [1.29, 1.82) is 0 Å². The molecule has 2 aromatic rings. The largest absolute Gasteiger partial charge is 0.497 e. The zero-order valence-electron chi connectivity index (χ0n) is 19.0. The third-order valence-electron chi connectivity index (χ3n) is 6.31. The van der Waals surface area contributed by atoms with E-state index in [1.54, 1.807) is 50.7 Å². The van der Waals surface area contributed by atoms with Crippen LogP contribution in [0.15, 0.2) is 47.9 Å². The van der Waals surface area contributed by atoms with Gasteiger partial charge in [0.05, 0.1) is 30.0 Å². The van der Waals surface area contributed by atoms with Crippen molar-refractivity contribution in [2.45, 2.75) is 41.6 Å². The van der Waals surface area contributed by atoms with E-state index in [0.29, 0.717) is 32.4 Å². The van der Waals surface area contributed by atoms with Gasteiger partial charge in [0.15, 0.2) is 15.0 Å². The second-order valence-electron chi connectivity index (χ2n) is 8.57. The number of aromatic nitrogens is 1. The normalized spacial score (nSPS) is 23.6. The molecule has 0 bridgehead atoms. The van der Waals surface area contributed by atoms with Crippen LogP contribution in [0, 0.1) is 0 Å². The Balaban J connectivity index is 1.42. The van der Waals surface area contributed by atoms with Crippen molar-refractivity contribution >= 4 is 37.9 Å². The molecule has 2 atom stereocenters. The molecule has 0 spiro atoms. The lowest BCUT2D eigenvalue weighted by Crippen LogP contribution is -2.47. The lowest BCUT2D eigenvalue weighted by atomic mass is 10.0. The Hall–Kier alpha value is -2.03. The number of sulfone groups is 1. The molecule has 33 heavy (non-hydrogen) atoms. The maximum absolute atomic E-state index is 13.3. The van der Waals surface area contributed by atoms with E-state index in [1.807, 2.05) is 24.3 Å². The summed E-state index contributed by atoms with van der Waals surface area (Å²) < 4.78 is 37.4. The van der Waals surface area contributed by atoms with Crippen LogP contribution in [0.5, 0.6) is 11.5 Å². The standard InChI is InChI=1S/C24H29ClN2O4S2/c1-24(25)11-5-4-6-22(24)33(28,29)20-9-12-27(13-10-20)23-26-18(16-32-23)14-17-15-19(30-2)7-8-21(17)31-3/h4-8,11,15-16,20,22H,9-10,12-14H2,1-3H3. The highest BCUT2D eigenvalue weighted by molar-refractivity contribution is 7.93. The third-order valence-corrected chi connectivity index (χ3v) is 10.5. The summed E-state index contributed by atoms with van der Waals surface area (Å²) in [6.45, 7) is 3.08. The average molecular weight is 509 g/mol. The second kappa shape index (κ2) is 9.68. The molecule has 0 radical (unpaired) electrons. The van der Waals surface area contributed by atoms with Gasteiger partial charge in [0, 0.05) is 30.5 Å². The fraction of sp³-hybridized carbons (Fsp3) is 0.458. The van der Waals surface area contributed by atoms with E-state index < -0.39 is 25.2 Å². The summed E-state index contributed by atoms with van der Waals surface area (Å²) in [4.78, 5) is 6.09. The number of alkyl halides is 1. The van der Waals surface area contributed by atoms with E-state index in [1.165, 1.54) is 0 Å². The zero-order valence-corrected chi connectivity index (χ0v) is 21.4. The van der Waals surface area contributed by atoms with Crippen LogP contribution in [-0.2, 0) is 16.3 Å². The molecule has 1 aromatic carbocycles. The molecule has 4 rings (SSSR count). The number of allylic oxidation sites excluding steroid dienone is 3. The van der Waals surface area contributed by atoms with Gasteiger partial charge in [0.1, 0.15) is 16.7 Å². The number of thiazole rings is 1.